The Labute approximate surface area is 166 Å². The van der Waals surface area contributed by atoms with Crippen molar-refractivity contribution in [2.24, 2.45) is 5.92 Å². The summed E-state index contributed by atoms with van der Waals surface area (Å²) in [6.45, 7) is 6.18. The van der Waals surface area contributed by atoms with Crippen molar-refractivity contribution < 1.29 is 19.1 Å². The Morgan fingerprint density at radius 3 is 2.36 bits per heavy atom. The molecular formula is C22H30N2O4. The summed E-state index contributed by atoms with van der Waals surface area (Å²) in [7, 11) is 0. The first-order chi connectivity index (χ1) is 13.3. The van der Waals surface area contributed by atoms with E-state index in [1.165, 1.54) is 5.56 Å². The minimum atomic E-state index is -0.909. The van der Waals surface area contributed by atoms with Gasteiger partial charge < -0.3 is 15.0 Å². The van der Waals surface area contributed by atoms with Crippen LogP contribution < -0.4 is 5.32 Å². The molecule has 28 heavy (non-hydrogen) atoms. The van der Waals surface area contributed by atoms with E-state index in [-0.39, 0.29) is 24.3 Å². The van der Waals surface area contributed by atoms with Crippen LogP contribution in [0.4, 0.5) is 5.69 Å². The highest BCUT2D eigenvalue weighted by Gasteiger charge is 2.40. The number of carbonyl (C=O) groups is 3. The number of anilines is 1. The minimum absolute atomic E-state index is 0.0243. The molecule has 0 radical (unpaired) electrons. The third kappa shape index (κ3) is 4.72. The number of ether oxygens (including phenoxy) is 1. The average Bonchev–Trinajstić information content (AvgIpc) is 3.31. The quantitative estimate of drug-likeness (QED) is 0.760. The standard InChI is InChI=1S/C22H30N2O4/c1-14(2)16-8-10-18(11-9-16)23-21(26)15(3)28-22(27)17-12-20(25)24(13-17)19-6-4-5-7-19/h8-11,14-15,17,19H,4-7,12-13H2,1-3H3,(H,23,26)/t15-,17+/m1/s1. The number of likely N-dealkylation sites (tertiary alicyclic amines) is 1. The highest BCUT2D eigenvalue weighted by Crippen LogP contribution is 2.30. The lowest BCUT2D eigenvalue weighted by Gasteiger charge is -2.24. The lowest BCUT2D eigenvalue weighted by atomic mass is 10.0. The van der Waals surface area contributed by atoms with Crippen molar-refractivity contribution in [2.75, 3.05) is 11.9 Å². The van der Waals surface area contributed by atoms with Crippen LogP contribution in [0, 0.1) is 5.92 Å². The molecule has 1 aromatic carbocycles. The summed E-state index contributed by atoms with van der Waals surface area (Å²) in [4.78, 5) is 38.9. The summed E-state index contributed by atoms with van der Waals surface area (Å²) >= 11 is 0. The molecule has 1 heterocycles. The van der Waals surface area contributed by atoms with Gasteiger partial charge in [0.05, 0.1) is 5.92 Å². The summed E-state index contributed by atoms with van der Waals surface area (Å²) < 4.78 is 5.36. The average molecular weight is 386 g/mol. The van der Waals surface area contributed by atoms with E-state index in [0.29, 0.717) is 18.2 Å². The van der Waals surface area contributed by atoms with E-state index < -0.39 is 18.0 Å². The molecule has 1 aromatic rings. The number of carbonyl (C=O) groups excluding carboxylic acids is 3. The third-order valence-corrected chi connectivity index (χ3v) is 5.76. The van der Waals surface area contributed by atoms with Crippen molar-refractivity contribution in [3.8, 4) is 0 Å². The molecule has 152 valence electrons. The summed E-state index contributed by atoms with van der Waals surface area (Å²) in [5, 5.41) is 2.77. The van der Waals surface area contributed by atoms with E-state index in [9.17, 15) is 14.4 Å². The highest BCUT2D eigenvalue weighted by molar-refractivity contribution is 5.95. The second-order valence-electron chi connectivity index (χ2n) is 8.23. The number of benzene rings is 1. The SMILES string of the molecule is CC(C)c1ccc(NC(=O)[C@@H](C)OC(=O)[C@H]2CC(=O)N(C3CCCC3)C2)cc1. The van der Waals surface area contributed by atoms with Crippen molar-refractivity contribution >= 4 is 23.5 Å². The second kappa shape index (κ2) is 8.76. The zero-order chi connectivity index (χ0) is 20.3. The Hall–Kier alpha value is -2.37. The van der Waals surface area contributed by atoms with Crippen molar-refractivity contribution in [3.05, 3.63) is 29.8 Å². The van der Waals surface area contributed by atoms with Crippen LogP contribution in [0.2, 0.25) is 0 Å². The minimum Gasteiger partial charge on any atom is -0.452 e. The first-order valence-corrected chi connectivity index (χ1v) is 10.3. The van der Waals surface area contributed by atoms with Gasteiger partial charge in [-0.25, -0.2) is 0 Å². The van der Waals surface area contributed by atoms with E-state index in [1.807, 2.05) is 29.2 Å². The molecule has 0 aromatic heterocycles. The molecule has 1 saturated carbocycles. The van der Waals surface area contributed by atoms with Crippen LogP contribution in [0.15, 0.2) is 24.3 Å². The van der Waals surface area contributed by atoms with Gasteiger partial charge in [0.1, 0.15) is 0 Å². The smallest absolute Gasteiger partial charge is 0.312 e. The molecular weight excluding hydrogens is 356 g/mol. The molecule has 2 aliphatic rings. The van der Waals surface area contributed by atoms with Gasteiger partial charge in [0.15, 0.2) is 6.10 Å². The zero-order valence-corrected chi connectivity index (χ0v) is 16.9. The molecule has 1 saturated heterocycles. The van der Waals surface area contributed by atoms with Crippen LogP contribution >= 0.6 is 0 Å². The number of amides is 2. The van der Waals surface area contributed by atoms with Crippen LogP contribution in [0.25, 0.3) is 0 Å². The third-order valence-electron chi connectivity index (χ3n) is 5.76. The number of hydrogen-bond acceptors (Lipinski definition) is 4. The summed E-state index contributed by atoms with van der Waals surface area (Å²) in [6, 6.07) is 7.89. The Morgan fingerprint density at radius 1 is 1.11 bits per heavy atom. The monoisotopic (exact) mass is 386 g/mol. The fourth-order valence-electron chi connectivity index (χ4n) is 3.98. The van der Waals surface area contributed by atoms with Crippen LogP contribution in [0.1, 0.15) is 64.4 Å². The maximum atomic E-state index is 12.5. The van der Waals surface area contributed by atoms with Gasteiger partial charge in [0, 0.05) is 24.7 Å². The highest BCUT2D eigenvalue weighted by atomic mass is 16.5. The first kappa shape index (κ1) is 20.4. The van der Waals surface area contributed by atoms with Crippen LogP contribution in [-0.4, -0.2) is 41.4 Å². The molecule has 6 nitrogen and oxygen atoms in total. The Balaban J connectivity index is 1.50. The topological polar surface area (TPSA) is 75.7 Å². The molecule has 2 fully saturated rings. The second-order valence-corrected chi connectivity index (χ2v) is 8.23. The molecule has 1 aliphatic heterocycles. The van der Waals surface area contributed by atoms with Crippen molar-refractivity contribution in [3.63, 3.8) is 0 Å². The normalized spacial score (nSPS) is 21.2. The van der Waals surface area contributed by atoms with E-state index >= 15 is 0 Å². The lowest BCUT2D eigenvalue weighted by Crippen LogP contribution is -2.36. The van der Waals surface area contributed by atoms with Gasteiger partial charge in [-0.3, -0.25) is 14.4 Å². The number of esters is 1. The number of nitrogens with one attached hydrogen (secondary N) is 1. The van der Waals surface area contributed by atoms with Gasteiger partial charge in [0.2, 0.25) is 5.91 Å². The molecule has 6 heteroatoms. The maximum absolute atomic E-state index is 12.5. The largest absolute Gasteiger partial charge is 0.452 e. The Morgan fingerprint density at radius 2 is 1.75 bits per heavy atom. The number of hydrogen-bond donors (Lipinski definition) is 1. The summed E-state index contributed by atoms with van der Waals surface area (Å²) in [5.74, 6) is -0.873. The molecule has 1 N–H and O–H groups in total. The Bertz CT molecular complexity index is 723. The van der Waals surface area contributed by atoms with Crippen LogP contribution in [0.5, 0.6) is 0 Å². The van der Waals surface area contributed by atoms with Crippen molar-refractivity contribution in [1.82, 2.24) is 4.90 Å². The van der Waals surface area contributed by atoms with E-state index in [4.69, 9.17) is 4.74 Å². The van der Waals surface area contributed by atoms with E-state index in [0.717, 1.165) is 25.7 Å². The molecule has 3 rings (SSSR count). The van der Waals surface area contributed by atoms with Gasteiger partial charge in [-0.15, -0.1) is 0 Å². The van der Waals surface area contributed by atoms with Gasteiger partial charge in [-0.2, -0.15) is 0 Å². The van der Waals surface area contributed by atoms with Crippen LogP contribution in [0.3, 0.4) is 0 Å². The lowest BCUT2D eigenvalue weighted by molar-refractivity contribution is -0.157. The molecule has 0 unspecified atom stereocenters. The van der Waals surface area contributed by atoms with Gasteiger partial charge >= 0.3 is 5.97 Å². The molecule has 0 spiro atoms. The number of nitrogens with zero attached hydrogens (tertiary/aromatic N) is 1. The van der Waals surface area contributed by atoms with E-state index in [1.54, 1.807) is 6.92 Å². The predicted molar refractivity (Wildman–Crippen MR) is 107 cm³/mol. The van der Waals surface area contributed by atoms with Gasteiger partial charge in [-0.1, -0.05) is 38.8 Å². The number of rotatable bonds is 6. The zero-order valence-electron chi connectivity index (χ0n) is 16.9. The first-order valence-electron chi connectivity index (χ1n) is 10.3. The fraction of sp³-hybridized carbons (Fsp3) is 0.591. The van der Waals surface area contributed by atoms with Crippen LogP contribution in [-0.2, 0) is 19.1 Å². The maximum Gasteiger partial charge on any atom is 0.312 e. The van der Waals surface area contributed by atoms with E-state index in [2.05, 4.69) is 19.2 Å². The molecule has 2 atom stereocenters. The predicted octanol–water partition coefficient (Wildman–Crippen LogP) is 3.47. The molecule has 2 amide bonds. The molecule has 1 aliphatic carbocycles. The molecule has 0 bridgehead atoms. The summed E-state index contributed by atoms with van der Waals surface area (Å²) in [6.07, 6.45) is 3.58. The van der Waals surface area contributed by atoms with Crippen molar-refractivity contribution in [2.45, 2.75) is 70.9 Å². The summed E-state index contributed by atoms with van der Waals surface area (Å²) in [5.41, 5.74) is 1.86. The van der Waals surface area contributed by atoms with Gasteiger partial charge in [0.25, 0.3) is 5.91 Å². The fourth-order valence-corrected chi connectivity index (χ4v) is 3.98. The van der Waals surface area contributed by atoms with Crippen molar-refractivity contribution in [1.29, 1.82) is 0 Å². The van der Waals surface area contributed by atoms with Gasteiger partial charge in [-0.05, 0) is 43.4 Å². The Kier molecular flexibility index (Phi) is 6.37.